The number of benzene rings is 1. The summed E-state index contributed by atoms with van der Waals surface area (Å²) in [7, 11) is 1.68. The van der Waals surface area contributed by atoms with Crippen LogP contribution >= 0.6 is 0 Å². The van der Waals surface area contributed by atoms with Crippen LogP contribution < -0.4 is 10.1 Å². The number of hydrogen-bond donors (Lipinski definition) is 1. The van der Waals surface area contributed by atoms with Gasteiger partial charge in [-0.3, -0.25) is 0 Å². The van der Waals surface area contributed by atoms with Crippen molar-refractivity contribution >= 4 is 6.09 Å². The third-order valence-corrected chi connectivity index (χ3v) is 3.64. The van der Waals surface area contributed by atoms with Crippen LogP contribution in [0.2, 0.25) is 0 Å². The maximum Gasteiger partial charge on any atom is 0.407 e. The number of methoxy groups -OCH3 is 1. The third-order valence-electron chi connectivity index (χ3n) is 3.64. The van der Waals surface area contributed by atoms with Gasteiger partial charge in [-0.2, -0.15) is 0 Å². The normalized spacial score (nSPS) is 21.5. The molecule has 1 aliphatic rings. The lowest BCUT2D eigenvalue weighted by molar-refractivity contribution is 0.0387. The average Bonchev–Trinajstić information content (AvgIpc) is 2.32. The first-order chi connectivity index (χ1) is 8.85. The van der Waals surface area contributed by atoms with E-state index >= 15 is 0 Å². The van der Waals surface area contributed by atoms with Crippen molar-refractivity contribution in [3.05, 3.63) is 28.8 Å². The molecule has 1 N–H and O–H groups in total. The second-order valence-electron chi connectivity index (χ2n) is 5.83. The monoisotopic (exact) mass is 263 g/mol. The Kier molecular flexibility index (Phi) is 3.43. The van der Waals surface area contributed by atoms with Crippen molar-refractivity contribution in [1.29, 1.82) is 0 Å². The fourth-order valence-electron chi connectivity index (χ4n) is 2.70. The highest BCUT2D eigenvalue weighted by molar-refractivity contribution is 5.69. The van der Waals surface area contributed by atoms with Crippen molar-refractivity contribution in [2.75, 3.05) is 13.7 Å². The molecule has 0 bridgehead atoms. The molecule has 1 saturated heterocycles. The number of rotatable bonds is 2. The molecule has 0 radical (unpaired) electrons. The Morgan fingerprint density at radius 1 is 1.32 bits per heavy atom. The molecule has 0 aromatic heterocycles. The first-order valence-corrected chi connectivity index (χ1v) is 6.43. The van der Waals surface area contributed by atoms with Gasteiger partial charge < -0.3 is 14.8 Å². The minimum absolute atomic E-state index is 0.0444. The van der Waals surface area contributed by atoms with Crippen molar-refractivity contribution in [3.8, 4) is 5.75 Å². The van der Waals surface area contributed by atoms with Crippen molar-refractivity contribution in [1.82, 2.24) is 5.32 Å². The zero-order valence-electron chi connectivity index (χ0n) is 12.2. The van der Waals surface area contributed by atoms with E-state index in [4.69, 9.17) is 9.47 Å². The molecule has 0 aliphatic carbocycles. The van der Waals surface area contributed by atoms with Crippen LogP contribution in [-0.4, -0.2) is 19.8 Å². The summed E-state index contributed by atoms with van der Waals surface area (Å²) in [6, 6.07) is 4.10. The summed E-state index contributed by atoms with van der Waals surface area (Å²) in [5.74, 6) is 0.903. The molecule has 1 amide bonds. The van der Waals surface area contributed by atoms with Crippen LogP contribution in [0.15, 0.2) is 12.1 Å². The number of carbonyl (C=O) groups is 1. The summed E-state index contributed by atoms with van der Waals surface area (Å²) in [5.41, 5.74) is 3.11. The summed E-state index contributed by atoms with van der Waals surface area (Å²) >= 11 is 0. The number of nitrogens with one attached hydrogen (secondary N) is 1. The van der Waals surface area contributed by atoms with E-state index in [2.05, 4.69) is 31.3 Å². The number of aryl methyl sites for hydroxylation is 2. The first kappa shape index (κ1) is 13.7. The lowest BCUT2D eigenvalue weighted by Gasteiger charge is -2.38. The highest BCUT2D eigenvalue weighted by Crippen LogP contribution is 2.38. The van der Waals surface area contributed by atoms with E-state index in [1.165, 1.54) is 0 Å². The van der Waals surface area contributed by atoms with Crippen LogP contribution in [-0.2, 0) is 4.74 Å². The fraction of sp³-hybridized carbons (Fsp3) is 0.533. The van der Waals surface area contributed by atoms with E-state index in [1.807, 2.05) is 13.8 Å². The van der Waals surface area contributed by atoms with Crippen LogP contribution in [0.1, 0.15) is 36.6 Å². The molecule has 0 spiro atoms. The maximum atomic E-state index is 11.5. The average molecular weight is 263 g/mol. The minimum Gasteiger partial charge on any atom is -0.496 e. The molecular formula is C15H21NO3. The summed E-state index contributed by atoms with van der Waals surface area (Å²) in [5, 5.41) is 2.91. The molecule has 19 heavy (non-hydrogen) atoms. The summed E-state index contributed by atoms with van der Waals surface area (Å²) in [6.45, 7) is 8.64. The molecule has 1 aromatic carbocycles. The molecule has 1 fully saturated rings. The van der Waals surface area contributed by atoms with E-state index in [0.29, 0.717) is 6.61 Å². The van der Waals surface area contributed by atoms with Crippen molar-refractivity contribution in [3.63, 3.8) is 0 Å². The quantitative estimate of drug-likeness (QED) is 0.891. The molecule has 0 unspecified atom stereocenters. The molecule has 1 aromatic rings. The van der Waals surface area contributed by atoms with Gasteiger partial charge in [0.1, 0.15) is 12.4 Å². The second-order valence-corrected chi connectivity index (χ2v) is 5.83. The number of amides is 1. The Bertz CT molecular complexity index is 485. The van der Waals surface area contributed by atoms with Gasteiger partial charge in [-0.1, -0.05) is 26.0 Å². The van der Waals surface area contributed by atoms with Gasteiger partial charge in [-0.25, -0.2) is 4.79 Å². The molecule has 4 nitrogen and oxygen atoms in total. The zero-order chi connectivity index (χ0) is 14.2. The predicted molar refractivity (Wildman–Crippen MR) is 73.5 cm³/mol. The third kappa shape index (κ3) is 2.53. The number of cyclic esters (lactones) is 1. The van der Waals surface area contributed by atoms with Crippen LogP contribution in [0.3, 0.4) is 0 Å². The highest BCUT2D eigenvalue weighted by atomic mass is 16.6. The van der Waals surface area contributed by atoms with Gasteiger partial charge in [-0.05, 0) is 30.5 Å². The minimum atomic E-state index is -0.351. The molecule has 2 rings (SSSR count). The van der Waals surface area contributed by atoms with Crippen LogP contribution in [0.25, 0.3) is 0 Å². The van der Waals surface area contributed by atoms with Gasteiger partial charge in [0.15, 0.2) is 0 Å². The standard InChI is InChI=1S/C15H21NO3/c1-9-6-11(7-10(2)12(9)18-5)13-15(3,4)8-19-14(17)16-13/h6-7,13H,8H2,1-5H3,(H,16,17)/t13-/m1/s1. The Morgan fingerprint density at radius 3 is 2.42 bits per heavy atom. The maximum absolute atomic E-state index is 11.5. The Hall–Kier alpha value is -1.71. The van der Waals surface area contributed by atoms with Gasteiger partial charge in [0.2, 0.25) is 0 Å². The summed E-state index contributed by atoms with van der Waals surface area (Å²) in [6.07, 6.45) is -0.351. The SMILES string of the molecule is COc1c(C)cc([C@H]2NC(=O)OCC2(C)C)cc1C. The van der Waals surface area contributed by atoms with Gasteiger partial charge >= 0.3 is 6.09 Å². The van der Waals surface area contributed by atoms with Crippen molar-refractivity contribution in [2.45, 2.75) is 33.7 Å². The van der Waals surface area contributed by atoms with E-state index in [9.17, 15) is 4.79 Å². The molecule has 4 heteroatoms. The summed E-state index contributed by atoms with van der Waals surface area (Å²) < 4.78 is 10.5. The highest BCUT2D eigenvalue weighted by Gasteiger charge is 2.38. The number of carbonyl (C=O) groups excluding carboxylic acids is 1. The Balaban J connectivity index is 2.43. The van der Waals surface area contributed by atoms with E-state index < -0.39 is 0 Å². The van der Waals surface area contributed by atoms with E-state index in [-0.39, 0.29) is 17.6 Å². The van der Waals surface area contributed by atoms with Gasteiger partial charge in [-0.15, -0.1) is 0 Å². The number of alkyl carbamates (subject to hydrolysis) is 1. The van der Waals surface area contributed by atoms with Gasteiger partial charge in [0.05, 0.1) is 13.2 Å². The van der Waals surface area contributed by atoms with Crippen LogP contribution in [0, 0.1) is 19.3 Å². The number of ether oxygens (including phenoxy) is 2. The molecule has 104 valence electrons. The predicted octanol–water partition coefficient (Wildman–Crippen LogP) is 3.12. The molecule has 1 atom stereocenters. The zero-order valence-corrected chi connectivity index (χ0v) is 12.2. The van der Waals surface area contributed by atoms with Crippen molar-refractivity contribution in [2.24, 2.45) is 5.41 Å². The molecule has 1 heterocycles. The largest absolute Gasteiger partial charge is 0.496 e. The van der Waals surface area contributed by atoms with Gasteiger partial charge in [0.25, 0.3) is 0 Å². The Labute approximate surface area is 114 Å². The molecule has 0 saturated carbocycles. The lowest BCUT2D eigenvalue weighted by atomic mass is 9.79. The second kappa shape index (κ2) is 4.76. The summed E-state index contributed by atoms with van der Waals surface area (Å²) in [4.78, 5) is 11.5. The van der Waals surface area contributed by atoms with E-state index in [1.54, 1.807) is 7.11 Å². The smallest absolute Gasteiger partial charge is 0.407 e. The first-order valence-electron chi connectivity index (χ1n) is 6.43. The lowest BCUT2D eigenvalue weighted by Crippen LogP contribution is -2.46. The molecule has 1 aliphatic heterocycles. The molecular weight excluding hydrogens is 242 g/mol. The van der Waals surface area contributed by atoms with Crippen LogP contribution in [0.4, 0.5) is 4.79 Å². The van der Waals surface area contributed by atoms with Gasteiger partial charge in [0, 0.05) is 5.41 Å². The number of hydrogen-bond acceptors (Lipinski definition) is 3. The van der Waals surface area contributed by atoms with E-state index in [0.717, 1.165) is 22.4 Å². The van der Waals surface area contributed by atoms with Crippen LogP contribution in [0.5, 0.6) is 5.75 Å². The Morgan fingerprint density at radius 2 is 1.89 bits per heavy atom. The fourth-order valence-corrected chi connectivity index (χ4v) is 2.70. The van der Waals surface area contributed by atoms with Crippen molar-refractivity contribution < 1.29 is 14.3 Å². The topological polar surface area (TPSA) is 47.6 Å².